The van der Waals surface area contributed by atoms with E-state index in [2.05, 4.69) is 0 Å². The molecule has 0 aliphatic carbocycles. The van der Waals surface area contributed by atoms with Gasteiger partial charge >= 0.3 is 5.95 Å². The Morgan fingerprint density at radius 3 is 2.55 bits per heavy atom. The van der Waals surface area contributed by atoms with Gasteiger partial charge in [-0.1, -0.05) is 36.4 Å². The molecule has 1 heterocycles. The number of hydrogen-bond donors (Lipinski definition) is 0. The van der Waals surface area contributed by atoms with Crippen LogP contribution in [0, 0.1) is 5.95 Å². The van der Waals surface area contributed by atoms with Crippen molar-refractivity contribution in [1.82, 2.24) is 0 Å². The zero-order valence-corrected chi connectivity index (χ0v) is 13.0. The second kappa shape index (κ2) is 6.17. The first kappa shape index (κ1) is 14.7. The number of aryl methyl sites for hydroxylation is 1. The zero-order valence-electron chi connectivity index (χ0n) is 10.9. The van der Waals surface area contributed by atoms with Crippen molar-refractivity contribution in [3.05, 3.63) is 66.7 Å². The summed E-state index contributed by atoms with van der Waals surface area (Å²) in [5.74, 6) is 0.885. The van der Waals surface area contributed by atoms with Crippen molar-refractivity contribution in [1.29, 1.82) is 0 Å². The minimum absolute atomic E-state index is 0. The summed E-state index contributed by atoms with van der Waals surface area (Å²) in [5.41, 5.74) is 0. The summed E-state index contributed by atoms with van der Waals surface area (Å²) < 4.78 is 20.7. The Morgan fingerprint density at radius 1 is 1.00 bits per heavy atom. The summed E-state index contributed by atoms with van der Waals surface area (Å²) in [6.07, 6.45) is 1.63. The average molecular weight is 381 g/mol. The fraction of sp³-hybridized carbons (Fsp3) is 0.0625. The fourth-order valence-electron chi connectivity index (χ4n) is 2.00. The van der Waals surface area contributed by atoms with Gasteiger partial charge in [-0.3, -0.25) is 0 Å². The third-order valence-corrected chi connectivity index (χ3v) is 3.04. The van der Waals surface area contributed by atoms with E-state index in [-0.39, 0.29) is 29.9 Å². The Hall–Kier alpha value is -1.69. The topological polar surface area (TPSA) is 13.1 Å². The largest absolute Gasteiger partial charge is 1.00 e. The number of nitrogens with zero attached hydrogens (tertiary/aromatic N) is 1. The average Bonchev–Trinajstić information content (AvgIpc) is 2.43. The second-order valence-electron chi connectivity index (χ2n) is 4.38. The smallest absolute Gasteiger partial charge is 0.363 e. The van der Waals surface area contributed by atoms with Gasteiger partial charge in [-0.05, 0) is 11.5 Å². The lowest BCUT2D eigenvalue weighted by Crippen LogP contribution is -3.00. The first-order valence-electron chi connectivity index (χ1n) is 6.05. The van der Waals surface area contributed by atoms with Crippen molar-refractivity contribution < 1.29 is 37.7 Å². The Bertz CT molecular complexity index is 740. The van der Waals surface area contributed by atoms with Gasteiger partial charge in [0.2, 0.25) is 0 Å². The zero-order chi connectivity index (χ0) is 13.2. The van der Waals surface area contributed by atoms with Crippen LogP contribution in [0.5, 0.6) is 11.5 Å². The van der Waals surface area contributed by atoms with E-state index >= 15 is 0 Å². The van der Waals surface area contributed by atoms with Crippen LogP contribution in [0.1, 0.15) is 0 Å². The number of halogens is 2. The summed E-state index contributed by atoms with van der Waals surface area (Å²) in [6, 6.07) is 16.9. The van der Waals surface area contributed by atoms with Crippen molar-refractivity contribution in [3.63, 3.8) is 0 Å². The number of hydrogen-bond acceptors (Lipinski definition) is 1. The quantitative estimate of drug-likeness (QED) is 0.360. The van der Waals surface area contributed by atoms with Gasteiger partial charge in [-0.15, -0.1) is 4.39 Å². The van der Waals surface area contributed by atoms with E-state index in [1.807, 2.05) is 42.5 Å². The van der Waals surface area contributed by atoms with Crippen LogP contribution >= 0.6 is 0 Å². The molecule has 0 unspecified atom stereocenters. The van der Waals surface area contributed by atoms with E-state index in [4.69, 9.17) is 4.74 Å². The molecule has 0 fully saturated rings. The molecule has 2 nitrogen and oxygen atoms in total. The second-order valence-corrected chi connectivity index (χ2v) is 4.38. The van der Waals surface area contributed by atoms with E-state index in [1.54, 1.807) is 19.3 Å². The van der Waals surface area contributed by atoms with E-state index in [0.29, 0.717) is 5.75 Å². The van der Waals surface area contributed by atoms with Gasteiger partial charge in [-0.2, -0.15) is 4.57 Å². The van der Waals surface area contributed by atoms with Crippen LogP contribution in [0.4, 0.5) is 4.39 Å². The molecule has 0 aliphatic rings. The highest BCUT2D eigenvalue weighted by atomic mass is 127. The van der Waals surface area contributed by atoms with E-state index in [1.165, 1.54) is 10.6 Å². The van der Waals surface area contributed by atoms with Crippen molar-refractivity contribution in [3.8, 4) is 11.5 Å². The number of ether oxygens (including phenoxy) is 1. The molecule has 0 saturated heterocycles. The van der Waals surface area contributed by atoms with Gasteiger partial charge in [0, 0.05) is 11.5 Å². The lowest BCUT2D eigenvalue weighted by Gasteiger charge is -2.08. The van der Waals surface area contributed by atoms with E-state index in [9.17, 15) is 4.39 Å². The maximum absolute atomic E-state index is 13.5. The molecule has 0 atom stereocenters. The lowest BCUT2D eigenvalue weighted by atomic mass is 10.1. The molecular weight excluding hydrogens is 368 g/mol. The Kier molecular flexibility index (Phi) is 4.54. The normalized spacial score (nSPS) is 10.1. The van der Waals surface area contributed by atoms with Crippen LogP contribution in [0.2, 0.25) is 0 Å². The molecule has 102 valence electrons. The third-order valence-electron chi connectivity index (χ3n) is 3.04. The van der Waals surface area contributed by atoms with E-state index < -0.39 is 0 Å². The van der Waals surface area contributed by atoms with Crippen molar-refractivity contribution >= 4 is 10.8 Å². The predicted octanol–water partition coefficient (Wildman–Crippen LogP) is 0.600. The van der Waals surface area contributed by atoms with Crippen molar-refractivity contribution in [2.75, 3.05) is 0 Å². The predicted molar refractivity (Wildman–Crippen MR) is 71.6 cm³/mol. The number of pyridine rings is 1. The molecule has 0 bridgehead atoms. The fourth-order valence-corrected chi connectivity index (χ4v) is 2.00. The van der Waals surface area contributed by atoms with Crippen LogP contribution in [-0.4, -0.2) is 0 Å². The van der Waals surface area contributed by atoms with Crippen LogP contribution in [0.3, 0.4) is 0 Å². The summed E-state index contributed by atoms with van der Waals surface area (Å²) in [7, 11) is 1.65. The van der Waals surface area contributed by atoms with Crippen LogP contribution in [-0.2, 0) is 7.05 Å². The van der Waals surface area contributed by atoms with Crippen molar-refractivity contribution in [2.24, 2.45) is 7.05 Å². The summed E-state index contributed by atoms with van der Waals surface area (Å²) >= 11 is 0. The first-order chi connectivity index (χ1) is 9.24. The molecule has 3 rings (SSSR count). The molecule has 4 heteroatoms. The van der Waals surface area contributed by atoms with E-state index in [0.717, 1.165) is 16.5 Å². The Balaban J connectivity index is 0.00000147. The number of aromatic nitrogens is 1. The van der Waals surface area contributed by atoms with Gasteiger partial charge in [0.15, 0.2) is 6.20 Å². The van der Waals surface area contributed by atoms with Gasteiger partial charge < -0.3 is 28.7 Å². The molecule has 2 aromatic carbocycles. The summed E-state index contributed by atoms with van der Waals surface area (Å²) in [6.45, 7) is 0. The molecular formula is C16H13FINO. The molecule has 0 saturated carbocycles. The van der Waals surface area contributed by atoms with Crippen LogP contribution in [0.15, 0.2) is 60.8 Å². The maximum Gasteiger partial charge on any atom is 0.363 e. The first-order valence-corrected chi connectivity index (χ1v) is 6.05. The van der Waals surface area contributed by atoms with Gasteiger partial charge in [0.05, 0.1) is 6.07 Å². The molecule has 0 spiro atoms. The third kappa shape index (κ3) is 2.90. The summed E-state index contributed by atoms with van der Waals surface area (Å²) in [4.78, 5) is 0. The molecule has 0 amide bonds. The highest BCUT2D eigenvalue weighted by Gasteiger charge is 2.09. The number of fused-ring (bicyclic) bond motifs is 1. The maximum atomic E-state index is 13.5. The number of benzene rings is 2. The molecule has 20 heavy (non-hydrogen) atoms. The molecule has 0 radical (unpaired) electrons. The van der Waals surface area contributed by atoms with Crippen LogP contribution < -0.4 is 33.3 Å². The molecule has 0 N–H and O–H groups in total. The Morgan fingerprint density at radius 2 is 1.75 bits per heavy atom. The monoisotopic (exact) mass is 381 g/mol. The standard InChI is InChI=1S/C16H13FNO.HI/c1-18-10-9-13(11-16(18)17)19-15-8-4-6-12-5-2-3-7-14(12)15;/h2-11H,1H3;1H/q+1;/p-1. The highest BCUT2D eigenvalue weighted by Crippen LogP contribution is 2.29. The lowest BCUT2D eigenvalue weighted by molar-refractivity contribution is -0.700. The highest BCUT2D eigenvalue weighted by molar-refractivity contribution is 5.88. The van der Waals surface area contributed by atoms with Crippen molar-refractivity contribution in [2.45, 2.75) is 0 Å². The molecule has 1 aromatic heterocycles. The molecule has 3 aromatic rings. The number of rotatable bonds is 2. The minimum atomic E-state index is -0.335. The van der Waals surface area contributed by atoms with Crippen LogP contribution in [0.25, 0.3) is 10.8 Å². The SMILES string of the molecule is C[n+]1ccc(Oc2cccc3ccccc23)cc1F.[I-]. The van der Waals surface area contributed by atoms with Gasteiger partial charge in [-0.25, -0.2) is 0 Å². The molecule has 0 aliphatic heterocycles. The minimum Gasteiger partial charge on any atom is -1.00 e. The van der Waals surface area contributed by atoms with Gasteiger partial charge in [0.1, 0.15) is 18.5 Å². The summed E-state index contributed by atoms with van der Waals surface area (Å²) in [5, 5.41) is 2.11. The Labute approximate surface area is 133 Å². The van der Waals surface area contributed by atoms with Gasteiger partial charge in [0.25, 0.3) is 0 Å².